The Hall–Kier alpha value is -3.32. The maximum absolute atomic E-state index is 13.5. The van der Waals surface area contributed by atoms with Gasteiger partial charge in [0.05, 0.1) is 0 Å². The van der Waals surface area contributed by atoms with E-state index in [1.165, 1.54) is 0 Å². The van der Waals surface area contributed by atoms with E-state index in [1.807, 2.05) is 0 Å². The zero-order valence-electron chi connectivity index (χ0n) is 14.7. The van der Waals surface area contributed by atoms with Crippen LogP contribution in [0.15, 0.2) is 0 Å². The van der Waals surface area contributed by atoms with Crippen LogP contribution in [-0.2, 0) is 0 Å². The zero-order chi connectivity index (χ0) is 23.6. The number of hydrogen-bond donors (Lipinski definition) is 2. The molecule has 0 fully saturated rings. The summed E-state index contributed by atoms with van der Waals surface area (Å²) in [6.07, 6.45) is -0.331. The lowest BCUT2D eigenvalue weighted by molar-refractivity contribution is 0.0940. The fourth-order valence-corrected chi connectivity index (χ4v) is 2.28. The van der Waals surface area contributed by atoms with Crippen LogP contribution in [0.5, 0.6) is 0 Å². The number of halogens is 10. The Kier molecular flexibility index (Phi) is 7.13. The van der Waals surface area contributed by atoms with E-state index in [9.17, 15) is 53.5 Å². The lowest BCUT2D eigenvalue weighted by Gasteiger charge is -2.10. The number of benzene rings is 2. The van der Waals surface area contributed by atoms with Gasteiger partial charge in [-0.1, -0.05) is 0 Å². The SMILES string of the molecule is O=C(NCCCNC(=O)c1c(F)c(F)c(F)c(F)c1F)c1c(F)c(F)c(F)c(F)c1F. The Bertz CT molecular complexity index is 932. The van der Waals surface area contributed by atoms with Gasteiger partial charge in [0.2, 0.25) is 11.6 Å². The van der Waals surface area contributed by atoms with E-state index in [4.69, 9.17) is 0 Å². The first-order chi connectivity index (χ1) is 14.4. The average Bonchev–Trinajstić information content (AvgIpc) is 2.73. The Labute approximate surface area is 165 Å². The van der Waals surface area contributed by atoms with Gasteiger partial charge in [-0.25, -0.2) is 43.9 Å². The molecule has 2 rings (SSSR count). The van der Waals surface area contributed by atoms with E-state index >= 15 is 0 Å². The highest BCUT2D eigenvalue weighted by molar-refractivity contribution is 5.95. The maximum atomic E-state index is 13.5. The van der Waals surface area contributed by atoms with E-state index in [2.05, 4.69) is 0 Å². The molecule has 0 aliphatic rings. The average molecular weight is 462 g/mol. The molecule has 0 heterocycles. The quantitative estimate of drug-likeness (QED) is 0.298. The first-order valence-corrected chi connectivity index (χ1v) is 8.01. The van der Waals surface area contributed by atoms with Crippen molar-refractivity contribution in [3.63, 3.8) is 0 Å². The molecule has 2 aromatic carbocycles. The van der Waals surface area contributed by atoms with Crippen molar-refractivity contribution in [1.29, 1.82) is 0 Å². The minimum absolute atomic E-state index is 0.331. The second-order valence-corrected chi connectivity index (χ2v) is 5.76. The van der Waals surface area contributed by atoms with Crippen molar-refractivity contribution in [3.05, 3.63) is 69.3 Å². The fraction of sp³-hybridized carbons (Fsp3) is 0.176. The molecule has 31 heavy (non-hydrogen) atoms. The summed E-state index contributed by atoms with van der Waals surface area (Å²) in [7, 11) is 0. The molecule has 4 nitrogen and oxygen atoms in total. The molecule has 2 N–H and O–H groups in total. The van der Waals surface area contributed by atoms with E-state index in [0.717, 1.165) is 0 Å². The van der Waals surface area contributed by atoms with Gasteiger partial charge in [-0.15, -0.1) is 0 Å². The first-order valence-electron chi connectivity index (χ1n) is 8.01. The number of hydrogen-bond acceptors (Lipinski definition) is 2. The summed E-state index contributed by atoms with van der Waals surface area (Å²) in [6, 6.07) is 0. The third kappa shape index (κ3) is 4.41. The monoisotopic (exact) mass is 462 g/mol. The topological polar surface area (TPSA) is 58.2 Å². The summed E-state index contributed by atoms with van der Waals surface area (Å²) in [5.41, 5.74) is -3.52. The van der Waals surface area contributed by atoms with Crippen LogP contribution in [0.4, 0.5) is 43.9 Å². The van der Waals surface area contributed by atoms with Gasteiger partial charge < -0.3 is 10.6 Å². The molecule has 14 heteroatoms. The van der Waals surface area contributed by atoms with Crippen LogP contribution < -0.4 is 10.6 Å². The normalized spacial score (nSPS) is 10.9. The van der Waals surface area contributed by atoms with E-state index in [1.54, 1.807) is 10.6 Å². The molecule has 0 aliphatic heterocycles. The third-order valence-electron chi connectivity index (χ3n) is 3.80. The summed E-state index contributed by atoms with van der Waals surface area (Å²) in [5.74, 6) is -27.2. The van der Waals surface area contributed by atoms with Gasteiger partial charge in [-0.3, -0.25) is 9.59 Å². The van der Waals surface area contributed by atoms with Crippen molar-refractivity contribution in [2.24, 2.45) is 0 Å². The highest BCUT2D eigenvalue weighted by Crippen LogP contribution is 2.24. The minimum Gasteiger partial charge on any atom is -0.352 e. The number of rotatable bonds is 6. The van der Waals surface area contributed by atoms with Gasteiger partial charge >= 0.3 is 0 Å². The minimum atomic E-state index is -2.47. The Morgan fingerprint density at radius 2 is 0.677 bits per heavy atom. The van der Waals surface area contributed by atoms with Crippen LogP contribution in [0.3, 0.4) is 0 Å². The summed E-state index contributed by atoms with van der Waals surface area (Å²) in [4.78, 5) is 23.3. The lowest BCUT2D eigenvalue weighted by Crippen LogP contribution is -2.32. The molecule has 0 radical (unpaired) electrons. The lowest BCUT2D eigenvalue weighted by atomic mass is 10.1. The number of carbonyl (C=O) groups is 2. The number of amides is 2. The smallest absolute Gasteiger partial charge is 0.257 e. The summed E-state index contributed by atoms with van der Waals surface area (Å²) < 4.78 is 132. The molecule has 168 valence electrons. The van der Waals surface area contributed by atoms with Crippen molar-refractivity contribution < 1.29 is 53.5 Å². The van der Waals surface area contributed by atoms with Crippen molar-refractivity contribution >= 4 is 11.8 Å². The molecule has 0 aromatic heterocycles. The van der Waals surface area contributed by atoms with Crippen LogP contribution >= 0.6 is 0 Å². The van der Waals surface area contributed by atoms with Gasteiger partial charge in [0.15, 0.2) is 46.5 Å². The van der Waals surface area contributed by atoms with Crippen LogP contribution in [-0.4, -0.2) is 24.9 Å². The third-order valence-corrected chi connectivity index (χ3v) is 3.80. The predicted octanol–water partition coefficient (Wildman–Crippen LogP) is 3.63. The van der Waals surface area contributed by atoms with Crippen molar-refractivity contribution in [2.45, 2.75) is 6.42 Å². The van der Waals surface area contributed by atoms with Crippen molar-refractivity contribution in [1.82, 2.24) is 10.6 Å². The molecule has 2 aromatic rings. The summed E-state index contributed by atoms with van der Waals surface area (Å²) in [5, 5.41) is 3.55. The molecule has 0 bridgehead atoms. The van der Waals surface area contributed by atoms with Gasteiger partial charge in [-0.05, 0) is 6.42 Å². The first kappa shape index (κ1) is 24.0. The standard InChI is InChI=1S/C17H8F10N2O2/c18-6-4(7(19)11(23)14(26)10(6)22)16(30)28-2-1-3-29-17(31)5-8(20)12(24)15(27)13(25)9(5)21/h1-3H2,(H,28,30)(H,29,31). The molecule has 0 spiro atoms. The predicted molar refractivity (Wildman–Crippen MR) is 81.7 cm³/mol. The van der Waals surface area contributed by atoms with Crippen molar-refractivity contribution in [2.75, 3.05) is 13.1 Å². The van der Waals surface area contributed by atoms with Gasteiger partial charge in [0, 0.05) is 13.1 Å². The molecule has 0 saturated carbocycles. The molecule has 0 aliphatic carbocycles. The van der Waals surface area contributed by atoms with Crippen molar-refractivity contribution in [3.8, 4) is 0 Å². The molecule has 0 saturated heterocycles. The van der Waals surface area contributed by atoms with Gasteiger partial charge in [0.25, 0.3) is 11.8 Å². The molecular formula is C17H8F10N2O2. The molecular weight excluding hydrogens is 454 g/mol. The van der Waals surface area contributed by atoms with E-state index < -0.39 is 94.2 Å². The maximum Gasteiger partial charge on any atom is 0.257 e. The Morgan fingerprint density at radius 1 is 0.452 bits per heavy atom. The Balaban J connectivity index is 1.99. The molecule has 0 unspecified atom stereocenters. The highest BCUT2D eigenvalue weighted by atomic mass is 19.2. The van der Waals surface area contributed by atoms with Crippen LogP contribution in [0.2, 0.25) is 0 Å². The summed E-state index contributed by atoms with van der Waals surface area (Å²) in [6.45, 7) is -1.09. The highest BCUT2D eigenvalue weighted by Gasteiger charge is 2.30. The van der Waals surface area contributed by atoms with Crippen LogP contribution in [0.25, 0.3) is 0 Å². The number of nitrogens with one attached hydrogen (secondary N) is 2. The van der Waals surface area contributed by atoms with Crippen LogP contribution in [0.1, 0.15) is 27.1 Å². The van der Waals surface area contributed by atoms with Gasteiger partial charge in [-0.2, -0.15) is 0 Å². The number of carbonyl (C=O) groups excluding carboxylic acids is 2. The van der Waals surface area contributed by atoms with E-state index in [-0.39, 0.29) is 6.42 Å². The Morgan fingerprint density at radius 3 is 0.935 bits per heavy atom. The molecule has 2 amide bonds. The second kappa shape index (κ2) is 9.22. The largest absolute Gasteiger partial charge is 0.352 e. The second-order valence-electron chi connectivity index (χ2n) is 5.76. The zero-order valence-corrected chi connectivity index (χ0v) is 14.7. The molecule has 0 atom stereocenters. The van der Waals surface area contributed by atoms with E-state index in [0.29, 0.717) is 0 Å². The summed E-state index contributed by atoms with van der Waals surface area (Å²) >= 11 is 0. The van der Waals surface area contributed by atoms with Crippen LogP contribution in [0, 0.1) is 58.2 Å². The fourth-order valence-electron chi connectivity index (χ4n) is 2.28. The van der Waals surface area contributed by atoms with Gasteiger partial charge in [0.1, 0.15) is 11.1 Å².